The number of carbonyl (C=O) groups is 2. The van der Waals surface area contributed by atoms with E-state index in [9.17, 15) is 14.0 Å². The van der Waals surface area contributed by atoms with Gasteiger partial charge in [-0.05, 0) is 17.7 Å². The maximum atomic E-state index is 13.3. The van der Waals surface area contributed by atoms with Crippen LogP contribution in [0, 0.1) is 5.82 Å². The lowest BCUT2D eigenvalue weighted by Gasteiger charge is -2.35. The lowest BCUT2D eigenvalue weighted by molar-refractivity contribution is -0.124. The number of carbonyl (C=O) groups excluding carboxylic acids is 2. The molecule has 0 bridgehead atoms. The molecule has 1 unspecified atom stereocenters. The molecule has 166 valence electrons. The van der Waals surface area contributed by atoms with Gasteiger partial charge >= 0.3 is 6.03 Å². The van der Waals surface area contributed by atoms with Crippen molar-refractivity contribution in [3.63, 3.8) is 0 Å². The monoisotopic (exact) mass is 534 g/mol. The van der Waals surface area contributed by atoms with Gasteiger partial charge < -0.3 is 20.7 Å². The number of aliphatic imine (C=N–C) groups is 1. The predicted molar refractivity (Wildman–Crippen MR) is 121 cm³/mol. The highest BCUT2D eigenvalue weighted by molar-refractivity contribution is 14.0. The average Bonchev–Trinajstić information content (AvgIpc) is 3.06. The number of hydrogen-bond acceptors (Lipinski definition) is 5. The molecule has 0 aromatic heterocycles. The number of imide groups is 1. The molecular formula is C19H28FIN6O3. The molecule has 3 rings (SSSR count). The number of guanidine groups is 1. The first kappa shape index (κ1) is 24.3. The number of amides is 3. The second-order valence-corrected chi connectivity index (χ2v) is 6.80. The van der Waals surface area contributed by atoms with Gasteiger partial charge in [-0.15, -0.1) is 24.0 Å². The lowest BCUT2D eigenvalue weighted by atomic mass is 10.0. The minimum atomic E-state index is -0.372. The van der Waals surface area contributed by atoms with Crippen LogP contribution in [0.2, 0.25) is 0 Å². The van der Waals surface area contributed by atoms with E-state index >= 15 is 0 Å². The SMILES string of the molecule is CN=C(NCCN1C(=O)CNC1=O)NCC(c1ccc(F)cc1)N1CCOCC1.I. The Morgan fingerprint density at radius 1 is 1.23 bits per heavy atom. The molecule has 0 aliphatic carbocycles. The molecule has 2 fully saturated rings. The number of halogens is 2. The quantitative estimate of drug-likeness (QED) is 0.205. The Morgan fingerprint density at radius 3 is 2.53 bits per heavy atom. The number of ether oxygens (including phenoxy) is 1. The Balaban J connectivity index is 0.00000320. The second-order valence-electron chi connectivity index (χ2n) is 6.80. The first-order chi connectivity index (χ1) is 14.1. The number of morpholine rings is 1. The van der Waals surface area contributed by atoms with Crippen LogP contribution in [0.25, 0.3) is 0 Å². The van der Waals surface area contributed by atoms with Gasteiger partial charge in [0.2, 0.25) is 5.91 Å². The summed E-state index contributed by atoms with van der Waals surface area (Å²) in [5.41, 5.74) is 1.01. The minimum Gasteiger partial charge on any atom is -0.379 e. The zero-order chi connectivity index (χ0) is 20.6. The van der Waals surface area contributed by atoms with Crippen molar-refractivity contribution in [3.8, 4) is 0 Å². The number of urea groups is 1. The number of benzene rings is 1. The van der Waals surface area contributed by atoms with E-state index < -0.39 is 0 Å². The third kappa shape index (κ3) is 6.51. The number of nitrogens with one attached hydrogen (secondary N) is 3. The van der Waals surface area contributed by atoms with Crippen LogP contribution in [0.3, 0.4) is 0 Å². The van der Waals surface area contributed by atoms with Gasteiger partial charge in [0, 0.05) is 39.8 Å². The van der Waals surface area contributed by atoms with Crippen molar-refractivity contribution in [2.75, 3.05) is 59.5 Å². The molecule has 3 amide bonds. The largest absolute Gasteiger partial charge is 0.379 e. The molecule has 0 saturated carbocycles. The van der Waals surface area contributed by atoms with Gasteiger partial charge in [-0.3, -0.25) is 19.6 Å². The Morgan fingerprint density at radius 2 is 1.93 bits per heavy atom. The molecule has 1 atom stereocenters. The van der Waals surface area contributed by atoms with Crippen LogP contribution in [0.1, 0.15) is 11.6 Å². The maximum Gasteiger partial charge on any atom is 0.324 e. The normalized spacial score (nSPS) is 18.6. The van der Waals surface area contributed by atoms with Crippen molar-refractivity contribution in [2.45, 2.75) is 6.04 Å². The van der Waals surface area contributed by atoms with E-state index in [0.29, 0.717) is 32.3 Å². The standard InChI is InChI=1S/C19H27FN6O3.HI/c1-21-18(22-6-7-26-17(27)13-24-19(26)28)23-12-16(25-8-10-29-11-9-25)14-2-4-15(20)5-3-14;/h2-5,16H,6-13H2,1H3,(H,24,28)(H2,21,22,23);1H. The zero-order valence-corrected chi connectivity index (χ0v) is 19.2. The van der Waals surface area contributed by atoms with Gasteiger partial charge in [0.1, 0.15) is 5.82 Å². The van der Waals surface area contributed by atoms with Crippen LogP contribution in [-0.4, -0.2) is 87.2 Å². The second kappa shape index (κ2) is 12.0. The Labute approximate surface area is 192 Å². The molecule has 0 spiro atoms. The molecule has 11 heteroatoms. The van der Waals surface area contributed by atoms with Gasteiger partial charge in [0.15, 0.2) is 5.96 Å². The van der Waals surface area contributed by atoms with Gasteiger partial charge in [0.25, 0.3) is 0 Å². The molecule has 2 saturated heterocycles. The van der Waals surface area contributed by atoms with E-state index in [1.54, 1.807) is 19.2 Å². The minimum absolute atomic E-state index is 0. The fourth-order valence-corrected chi connectivity index (χ4v) is 3.41. The molecule has 2 aliphatic rings. The van der Waals surface area contributed by atoms with Crippen molar-refractivity contribution in [1.82, 2.24) is 25.8 Å². The Bertz CT molecular complexity index is 726. The summed E-state index contributed by atoms with van der Waals surface area (Å²) >= 11 is 0. The van der Waals surface area contributed by atoms with Crippen molar-refractivity contribution in [2.24, 2.45) is 4.99 Å². The summed E-state index contributed by atoms with van der Waals surface area (Å²) in [7, 11) is 1.66. The summed E-state index contributed by atoms with van der Waals surface area (Å²) in [6.45, 7) is 4.17. The van der Waals surface area contributed by atoms with Gasteiger partial charge in [0.05, 0.1) is 25.8 Å². The first-order valence-electron chi connectivity index (χ1n) is 9.68. The summed E-state index contributed by atoms with van der Waals surface area (Å²) in [6.07, 6.45) is 0. The number of hydrogen-bond donors (Lipinski definition) is 3. The van der Waals surface area contributed by atoms with Crippen LogP contribution in [0.15, 0.2) is 29.3 Å². The van der Waals surface area contributed by atoms with E-state index in [0.717, 1.165) is 18.7 Å². The fourth-order valence-electron chi connectivity index (χ4n) is 3.41. The molecule has 9 nitrogen and oxygen atoms in total. The topological polar surface area (TPSA) is 98.3 Å². The lowest BCUT2D eigenvalue weighted by Crippen LogP contribution is -2.47. The first-order valence-corrected chi connectivity index (χ1v) is 9.68. The fraction of sp³-hybridized carbons (Fsp3) is 0.526. The van der Waals surface area contributed by atoms with E-state index in [2.05, 4.69) is 25.8 Å². The summed E-state index contributed by atoms with van der Waals surface area (Å²) in [6, 6.07) is 6.19. The van der Waals surface area contributed by atoms with Crippen molar-refractivity contribution in [3.05, 3.63) is 35.6 Å². The Kier molecular flexibility index (Phi) is 9.72. The number of nitrogens with zero attached hydrogens (tertiary/aromatic N) is 3. The third-order valence-corrected chi connectivity index (χ3v) is 4.99. The summed E-state index contributed by atoms with van der Waals surface area (Å²) < 4.78 is 18.8. The molecule has 30 heavy (non-hydrogen) atoms. The van der Waals surface area contributed by atoms with Gasteiger partial charge in [-0.25, -0.2) is 9.18 Å². The smallest absolute Gasteiger partial charge is 0.324 e. The van der Waals surface area contributed by atoms with E-state index in [-0.39, 0.29) is 60.9 Å². The molecular weight excluding hydrogens is 506 g/mol. The average molecular weight is 534 g/mol. The van der Waals surface area contributed by atoms with E-state index in [1.807, 2.05) is 0 Å². The molecule has 2 aliphatic heterocycles. The van der Waals surface area contributed by atoms with Crippen molar-refractivity contribution in [1.29, 1.82) is 0 Å². The molecule has 1 aromatic carbocycles. The summed E-state index contributed by atoms with van der Waals surface area (Å²) in [4.78, 5) is 30.9. The Hall–Kier alpha value is -1.99. The van der Waals surface area contributed by atoms with Crippen LogP contribution >= 0.6 is 24.0 Å². The van der Waals surface area contributed by atoms with Crippen LogP contribution in [0.5, 0.6) is 0 Å². The zero-order valence-electron chi connectivity index (χ0n) is 16.9. The highest BCUT2D eigenvalue weighted by Gasteiger charge is 2.28. The molecule has 2 heterocycles. The van der Waals surface area contributed by atoms with Crippen LogP contribution < -0.4 is 16.0 Å². The predicted octanol–water partition coefficient (Wildman–Crippen LogP) is 0.534. The molecule has 1 aromatic rings. The van der Waals surface area contributed by atoms with Gasteiger partial charge in [-0.1, -0.05) is 12.1 Å². The third-order valence-electron chi connectivity index (χ3n) is 4.99. The van der Waals surface area contributed by atoms with Crippen molar-refractivity contribution < 1.29 is 18.7 Å². The van der Waals surface area contributed by atoms with E-state index in [1.165, 1.54) is 17.0 Å². The molecule has 0 radical (unpaired) electrons. The molecule has 3 N–H and O–H groups in total. The number of rotatable bonds is 7. The van der Waals surface area contributed by atoms with Gasteiger partial charge in [-0.2, -0.15) is 0 Å². The van der Waals surface area contributed by atoms with Crippen LogP contribution in [0.4, 0.5) is 9.18 Å². The highest BCUT2D eigenvalue weighted by atomic mass is 127. The van der Waals surface area contributed by atoms with E-state index in [4.69, 9.17) is 4.74 Å². The highest BCUT2D eigenvalue weighted by Crippen LogP contribution is 2.21. The summed E-state index contributed by atoms with van der Waals surface area (Å²) in [5.74, 6) is 0.0706. The van der Waals surface area contributed by atoms with Crippen molar-refractivity contribution >= 4 is 41.9 Å². The van der Waals surface area contributed by atoms with Crippen LogP contribution in [-0.2, 0) is 9.53 Å². The summed E-state index contributed by atoms with van der Waals surface area (Å²) in [5, 5.41) is 8.90. The maximum absolute atomic E-state index is 13.3.